The van der Waals surface area contributed by atoms with Crippen LogP contribution in [0.25, 0.3) is 0 Å². The first kappa shape index (κ1) is 21.7. The average molecular weight is 433 g/mol. The van der Waals surface area contributed by atoms with Gasteiger partial charge in [0.25, 0.3) is 10.0 Å². The molecule has 0 unspecified atom stereocenters. The van der Waals surface area contributed by atoms with Gasteiger partial charge in [-0.25, -0.2) is 18.4 Å². The fourth-order valence-electron chi connectivity index (χ4n) is 3.66. The summed E-state index contributed by atoms with van der Waals surface area (Å²) in [5.74, 6) is -1.98. The molecule has 1 heterocycles. The Bertz CT molecular complexity index is 1030. The lowest BCUT2D eigenvalue weighted by molar-refractivity contribution is -0.147. The molecule has 0 radical (unpaired) electrons. The number of aryl methyl sites for hydroxylation is 2. The molecule has 0 saturated heterocycles. The van der Waals surface area contributed by atoms with Gasteiger partial charge in [0.2, 0.25) is 5.91 Å². The third-order valence-electron chi connectivity index (χ3n) is 5.06. The minimum atomic E-state index is -3.86. The number of aliphatic carboxylic acids is 1. The second-order valence-electron chi connectivity index (χ2n) is 7.40. The van der Waals surface area contributed by atoms with Gasteiger partial charge in [0, 0.05) is 17.4 Å². The van der Waals surface area contributed by atoms with Crippen molar-refractivity contribution in [3.8, 4) is 0 Å². The Morgan fingerprint density at radius 2 is 1.67 bits per heavy atom. The topological polar surface area (TPSA) is 138 Å². The highest BCUT2D eigenvalue weighted by atomic mass is 32.2. The Labute approximate surface area is 175 Å². The zero-order valence-electron chi connectivity index (χ0n) is 16.8. The summed E-state index contributed by atoms with van der Waals surface area (Å²) in [7, 11) is -3.86. The van der Waals surface area contributed by atoms with E-state index in [9.17, 15) is 23.1 Å². The zero-order chi connectivity index (χ0) is 21.9. The largest absolute Gasteiger partial charge is 0.481 e. The monoisotopic (exact) mass is 432 g/mol. The highest BCUT2D eigenvalue weighted by molar-refractivity contribution is 7.92. The van der Waals surface area contributed by atoms with Crippen LogP contribution in [0.3, 0.4) is 0 Å². The van der Waals surface area contributed by atoms with Crippen LogP contribution in [0.4, 0.5) is 11.5 Å². The number of amides is 1. The third kappa shape index (κ3) is 5.12. The fraction of sp³-hybridized carbons (Fsp3) is 0.400. The lowest BCUT2D eigenvalue weighted by Gasteiger charge is -2.27. The zero-order valence-corrected chi connectivity index (χ0v) is 17.6. The summed E-state index contributed by atoms with van der Waals surface area (Å²) in [6.45, 7) is 3.41. The number of hydrogen-bond acceptors (Lipinski definition) is 6. The second-order valence-corrected chi connectivity index (χ2v) is 9.08. The molecule has 160 valence electrons. The van der Waals surface area contributed by atoms with Crippen molar-refractivity contribution in [3.63, 3.8) is 0 Å². The van der Waals surface area contributed by atoms with E-state index in [2.05, 4.69) is 20.0 Å². The number of carbonyl (C=O) groups is 2. The van der Waals surface area contributed by atoms with Crippen LogP contribution < -0.4 is 10.0 Å². The number of carboxylic acids is 1. The molecule has 3 rings (SSSR count). The van der Waals surface area contributed by atoms with Crippen LogP contribution in [0.5, 0.6) is 0 Å². The summed E-state index contributed by atoms with van der Waals surface area (Å²) in [5, 5.41) is 12.0. The Balaban J connectivity index is 1.70. The van der Waals surface area contributed by atoms with Gasteiger partial charge in [0.15, 0.2) is 0 Å². The number of hydrogen-bond donors (Lipinski definition) is 3. The van der Waals surface area contributed by atoms with Crippen molar-refractivity contribution >= 4 is 33.4 Å². The molecule has 10 heteroatoms. The predicted octanol–water partition coefficient (Wildman–Crippen LogP) is 2.72. The molecule has 1 aliphatic carbocycles. The van der Waals surface area contributed by atoms with Crippen LogP contribution >= 0.6 is 0 Å². The first-order valence-electron chi connectivity index (χ1n) is 9.64. The molecule has 3 N–H and O–H groups in total. The van der Waals surface area contributed by atoms with Gasteiger partial charge in [-0.1, -0.05) is 12.8 Å². The number of sulfonamides is 1. The van der Waals surface area contributed by atoms with E-state index >= 15 is 0 Å². The molecule has 9 nitrogen and oxygen atoms in total. The molecule has 0 spiro atoms. The van der Waals surface area contributed by atoms with Gasteiger partial charge in [0.1, 0.15) is 11.6 Å². The Hall–Kier alpha value is -3.01. The Kier molecular flexibility index (Phi) is 6.35. The van der Waals surface area contributed by atoms with E-state index in [4.69, 9.17) is 0 Å². The number of benzene rings is 1. The van der Waals surface area contributed by atoms with E-state index in [1.54, 1.807) is 13.8 Å². The van der Waals surface area contributed by atoms with Gasteiger partial charge in [-0.15, -0.1) is 0 Å². The second kappa shape index (κ2) is 8.78. The van der Waals surface area contributed by atoms with E-state index in [1.807, 2.05) is 0 Å². The summed E-state index contributed by atoms with van der Waals surface area (Å²) < 4.78 is 27.6. The van der Waals surface area contributed by atoms with E-state index in [1.165, 1.54) is 30.3 Å². The first-order valence-corrected chi connectivity index (χ1v) is 11.1. The van der Waals surface area contributed by atoms with Crippen molar-refractivity contribution in [2.75, 3.05) is 10.0 Å². The van der Waals surface area contributed by atoms with Crippen LogP contribution in [0, 0.1) is 25.7 Å². The molecule has 2 aromatic rings. The molecule has 1 saturated carbocycles. The number of carboxylic acid groups (broad SMARTS) is 1. The minimum Gasteiger partial charge on any atom is -0.481 e. The molecular formula is C20H24N4O5S. The van der Waals surface area contributed by atoms with Gasteiger partial charge in [-0.3, -0.25) is 14.3 Å². The van der Waals surface area contributed by atoms with Crippen molar-refractivity contribution < 1.29 is 23.1 Å². The lowest BCUT2D eigenvalue weighted by Crippen LogP contribution is -2.36. The Morgan fingerprint density at radius 1 is 1.03 bits per heavy atom. The molecule has 1 aromatic carbocycles. The average Bonchev–Trinajstić information content (AvgIpc) is 2.67. The van der Waals surface area contributed by atoms with Crippen LogP contribution in [-0.2, 0) is 19.6 Å². The number of nitrogens with zero attached hydrogens (tertiary/aromatic N) is 2. The molecule has 1 fully saturated rings. The molecule has 30 heavy (non-hydrogen) atoms. The van der Waals surface area contributed by atoms with E-state index in [-0.39, 0.29) is 16.6 Å². The number of carbonyl (C=O) groups excluding carboxylic acids is 1. The molecule has 1 aromatic heterocycles. The third-order valence-corrected chi connectivity index (χ3v) is 6.43. The van der Waals surface area contributed by atoms with Crippen molar-refractivity contribution in [2.24, 2.45) is 11.8 Å². The van der Waals surface area contributed by atoms with Gasteiger partial charge in [-0.2, -0.15) is 0 Å². The standard InChI is InChI=1S/C20H24N4O5S/c1-12-11-18(22-13(2)21-12)24-30(28,29)15-9-7-14(8-10-15)23-19(25)16-5-3-4-6-17(16)20(26)27/h7-11,16-17H,3-6H2,1-2H3,(H,23,25)(H,26,27)(H,21,22,24)/t16-,17+/m0/s1. The van der Waals surface area contributed by atoms with E-state index in [0.29, 0.717) is 30.0 Å². The molecule has 0 bridgehead atoms. The van der Waals surface area contributed by atoms with E-state index < -0.39 is 27.8 Å². The van der Waals surface area contributed by atoms with Crippen molar-refractivity contribution in [2.45, 2.75) is 44.4 Å². The normalized spacial score (nSPS) is 19.1. The van der Waals surface area contributed by atoms with Gasteiger partial charge in [-0.05, 0) is 51.0 Å². The van der Waals surface area contributed by atoms with Gasteiger partial charge < -0.3 is 10.4 Å². The van der Waals surface area contributed by atoms with Gasteiger partial charge in [0.05, 0.1) is 16.7 Å². The number of aromatic nitrogens is 2. The number of anilines is 2. The highest BCUT2D eigenvalue weighted by Crippen LogP contribution is 2.31. The van der Waals surface area contributed by atoms with E-state index in [0.717, 1.165) is 12.8 Å². The maximum absolute atomic E-state index is 12.6. The van der Waals surface area contributed by atoms with Crippen molar-refractivity contribution in [1.82, 2.24) is 9.97 Å². The number of nitrogens with one attached hydrogen (secondary N) is 2. The van der Waals surface area contributed by atoms with Crippen molar-refractivity contribution in [1.29, 1.82) is 0 Å². The summed E-state index contributed by atoms with van der Waals surface area (Å²) in [5.41, 5.74) is 1.04. The van der Waals surface area contributed by atoms with Crippen LogP contribution in [0.1, 0.15) is 37.2 Å². The molecule has 1 aliphatic rings. The lowest BCUT2D eigenvalue weighted by atomic mass is 9.78. The fourth-order valence-corrected chi connectivity index (χ4v) is 4.65. The smallest absolute Gasteiger partial charge is 0.307 e. The van der Waals surface area contributed by atoms with Crippen LogP contribution in [-0.4, -0.2) is 35.4 Å². The van der Waals surface area contributed by atoms with Crippen LogP contribution in [0.2, 0.25) is 0 Å². The molecule has 0 aliphatic heterocycles. The highest BCUT2D eigenvalue weighted by Gasteiger charge is 2.35. The minimum absolute atomic E-state index is 0.00972. The maximum atomic E-state index is 12.6. The summed E-state index contributed by atoms with van der Waals surface area (Å²) in [6, 6.07) is 7.22. The number of rotatable bonds is 6. The van der Waals surface area contributed by atoms with Crippen molar-refractivity contribution in [3.05, 3.63) is 41.9 Å². The predicted molar refractivity (Wildman–Crippen MR) is 110 cm³/mol. The summed E-state index contributed by atoms with van der Waals surface area (Å²) in [4.78, 5) is 32.1. The molecule has 2 atom stereocenters. The summed E-state index contributed by atoms with van der Waals surface area (Å²) >= 11 is 0. The summed E-state index contributed by atoms with van der Waals surface area (Å²) in [6.07, 6.45) is 2.62. The maximum Gasteiger partial charge on any atom is 0.307 e. The van der Waals surface area contributed by atoms with Crippen LogP contribution in [0.15, 0.2) is 35.2 Å². The molecule has 1 amide bonds. The SMILES string of the molecule is Cc1cc(NS(=O)(=O)c2ccc(NC(=O)[C@H]3CCCC[C@H]3C(=O)O)cc2)nc(C)n1. The van der Waals surface area contributed by atoms with Gasteiger partial charge >= 0.3 is 5.97 Å². The Morgan fingerprint density at radius 3 is 2.27 bits per heavy atom. The quantitative estimate of drug-likeness (QED) is 0.638. The first-order chi connectivity index (χ1) is 14.2. The molecular weight excluding hydrogens is 408 g/mol.